The van der Waals surface area contributed by atoms with Crippen molar-refractivity contribution in [1.29, 1.82) is 0 Å². The van der Waals surface area contributed by atoms with E-state index in [1.54, 1.807) is 28.8 Å². The Kier molecular flexibility index (Phi) is 6.51. The third-order valence-electron chi connectivity index (χ3n) is 6.10. The number of carbonyl (C=O) groups excluding carboxylic acids is 1. The van der Waals surface area contributed by atoms with Crippen LogP contribution < -0.4 is 10.2 Å². The van der Waals surface area contributed by atoms with Crippen LogP contribution in [-0.4, -0.2) is 56.8 Å². The summed E-state index contributed by atoms with van der Waals surface area (Å²) >= 11 is 0. The first-order valence-corrected chi connectivity index (χ1v) is 11.5. The smallest absolute Gasteiger partial charge is 0.223 e. The molecule has 1 aliphatic rings. The van der Waals surface area contributed by atoms with Gasteiger partial charge < -0.3 is 15.1 Å². The maximum Gasteiger partial charge on any atom is 0.223 e. The molecule has 0 saturated carbocycles. The van der Waals surface area contributed by atoms with E-state index in [-0.39, 0.29) is 17.5 Å². The predicted octanol–water partition coefficient (Wildman–Crippen LogP) is 3.30. The van der Waals surface area contributed by atoms with Gasteiger partial charge in [-0.2, -0.15) is 4.52 Å². The van der Waals surface area contributed by atoms with Crippen LogP contribution in [-0.2, 0) is 17.8 Å². The summed E-state index contributed by atoms with van der Waals surface area (Å²) < 4.78 is 27.9. The molecule has 1 saturated heterocycles. The molecular formula is C25H25F2N7O. The molecule has 180 valence electrons. The Balaban J connectivity index is 1.16. The van der Waals surface area contributed by atoms with Crippen LogP contribution in [0.5, 0.6) is 0 Å². The molecule has 0 radical (unpaired) electrons. The van der Waals surface area contributed by atoms with E-state index in [1.807, 2.05) is 17.0 Å². The number of amides is 1. The summed E-state index contributed by atoms with van der Waals surface area (Å²) in [5, 5.41) is 16.1. The Morgan fingerprint density at radius 1 is 0.857 bits per heavy atom. The van der Waals surface area contributed by atoms with Gasteiger partial charge in [-0.25, -0.2) is 8.78 Å². The number of piperazine rings is 1. The molecule has 8 nitrogen and oxygen atoms in total. The Bertz CT molecular complexity index is 1300. The Morgan fingerprint density at radius 2 is 1.54 bits per heavy atom. The molecule has 1 aliphatic heterocycles. The minimum atomic E-state index is -0.272. The SMILES string of the molecule is O=C(CCc1nnc2ccc(NCc3ccc(F)cc3)nn12)N1CCN(c2ccc(F)cc2)CC1. The molecule has 35 heavy (non-hydrogen) atoms. The minimum absolute atomic E-state index is 0.0612. The average molecular weight is 478 g/mol. The van der Waals surface area contributed by atoms with E-state index < -0.39 is 0 Å². The molecule has 3 heterocycles. The molecule has 0 unspecified atom stereocenters. The summed E-state index contributed by atoms with van der Waals surface area (Å²) in [6, 6.07) is 16.3. The van der Waals surface area contributed by atoms with Crippen molar-refractivity contribution in [1.82, 2.24) is 24.7 Å². The van der Waals surface area contributed by atoms with Crippen molar-refractivity contribution in [3.63, 3.8) is 0 Å². The first-order valence-electron chi connectivity index (χ1n) is 11.5. The average Bonchev–Trinajstić information content (AvgIpc) is 3.30. The molecule has 1 amide bonds. The molecule has 0 bridgehead atoms. The summed E-state index contributed by atoms with van der Waals surface area (Å²) in [7, 11) is 0. The van der Waals surface area contributed by atoms with Gasteiger partial charge in [-0.3, -0.25) is 4.79 Å². The number of aromatic nitrogens is 4. The molecule has 2 aromatic carbocycles. The van der Waals surface area contributed by atoms with Crippen LogP contribution in [0.4, 0.5) is 20.3 Å². The van der Waals surface area contributed by atoms with Crippen molar-refractivity contribution in [3.8, 4) is 0 Å². The maximum atomic E-state index is 13.2. The van der Waals surface area contributed by atoms with Gasteiger partial charge in [0.15, 0.2) is 11.5 Å². The van der Waals surface area contributed by atoms with Crippen LogP contribution in [0.15, 0.2) is 60.7 Å². The highest BCUT2D eigenvalue weighted by molar-refractivity contribution is 5.76. The number of halogens is 2. The van der Waals surface area contributed by atoms with Crippen molar-refractivity contribution in [3.05, 3.63) is 83.7 Å². The molecular weight excluding hydrogens is 452 g/mol. The van der Waals surface area contributed by atoms with Crippen molar-refractivity contribution < 1.29 is 13.6 Å². The van der Waals surface area contributed by atoms with E-state index in [4.69, 9.17) is 0 Å². The van der Waals surface area contributed by atoms with Gasteiger partial charge in [0.05, 0.1) is 0 Å². The Labute approximate surface area is 201 Å². The van der Waals surface area contributed by atoms with Gasteiger partial charge in [-0.1, -0.05) is 12.1 Å². The Morgan fingerprint density at radius 3 is 2.26 bits per heavy atom. The van der Waals surface area contributed by atoms with Gasteiger partial charge in [-0.05, 0) is 54.1 Å². The molecule has 5 rings (SSSR count). The van der Waals surface area contributed by atoms with Gasteiger partial charge in [0, 0.05) is 51.3 Å². The van der Waals surface area contributed by atoms with Crippen LogP contribution in [0, 0.1) is 11.6 Å². The predicted molar refractivity (Wildman–Crippen MR) is 128 cm³/mol. The quantitative estimate of drug-likeness (QED) is 0.440. The molecule has 0 aliphatic carbocycles. The summed E-state index contributed by atoms with van der Waals surface area (Å²) in [5.41, 5.74) is 2.50. The summed E-state index contributed by atoms with van der Waals surface area (Å²) in [4.78, 5) is 16.8. The molecule has 1 fully saturated rings. The van der Waals surface area contributed by atoms with E-state index in [0.29, 0.717) is 62.9 Å². The number of hydrogen-bond donors (Lipinski definition) is 1. The number of aryl methyl sites for hydroxylation is 1. The van der Waals surface area contributed by atoms with Crippen molar-refractivity contribution >= 4 is 23.1 Å². The fraction of sp³-hybridized carbons (Fsp3) is 0.280. The van der Waals surface area contributed by atoms with E-state index in [1.165, 1.54) is 24.3 Å². The lowest BCUT2D eigenvalue weighted by Crippen LogP contribution is -2.48. The second-order valence-electron chi connectivity index (χ2n) is 8.43. The lowest BCUT2D eigenvalue weighted by atomic mass is 10.2. The van der Waals surface area contributed by atoms with Gasteiger partial charge in [0.2, 0.25) is 5.91 Å². The normalized spacial score (nSPS) is 13.9. The number of anilines is 2. The van der Waals surface area contributed by atoms with Crippen LogP contribution in [0.1, 0.15) is 17.8 Å². The standard InChI is InChI=1S/C25H25F2N7O/c26-19-3-1-18(2-4-19)17-28-22-9-10-23-29-30-24(34(23)31-22)11-12-25(35)33-15-13-32(14-16-33)21-7-5-20(27)6-8-21/h1-10H,11-17H2,(H,28,31). The largest absolute Gasteiger partial charge is 0.368 e. The van der Waals surface area contributed by atoms with Crippen LogP contribution in [0.25, 0.3) is 5.65 Å². The lowest BCUT2D eigenvalue weighted by molar-refractivity contribution is -0.131. The number of hydrogen-bond acceptors (Lipinski definition) is 6. The monoisotopic (exact) mass is 477 g/mol. The number of rotatable bonds is 7. The zero-order chi connectivity index (χ0) is 24.2. The van der Waals surface area contributed by atoms with E-state index in [2.05, 4.69) is 25.5 Å². The van der Waals surface area contributed by atoms with Gasteiger partial charge in [0.25, 0.3) is 0 Å². The first-order chi connectivity index (χ1) is 17.0. The summed E-state index contributed by atoms with van der Waals surface area (Å²) in [6.07, 6.45) is 0.735. The number of carbonyl (C=O) groups is 1. The topological polar surface area (TPSA) is 78.7 Å². The third kappa shape index (κ3) is 5.37. The molecule has 4 aromatic rings. The first kappa shape index (κ1) is 22.7. The number of fused-ring (bicyclic) bond motifs is 1. The van der Waals surface area contributed by atoms with Crippen molar-refractivity contribution in [2.75, 3.05) is 36.4 Å². The van der Waals surface area contributed by atoms with Crippen LogP contribution >= 0.6 is 0 Å². The van der Waals surface area contributed by atoms with Gasteiger partial charge >= 0.3 is 0 Å². The van der Waals surface area contributed by atoms with E-state index >= 15 is 0 Å². The van der Waals surface area contributed by atoms with Crippen molar-refractivity contribution in [2.45, 2.75) is 19.4 Å². The second-order valence-corrected chi connectivity index (χ2v) is 8.43. The maximum absolute atomic E-state index is 13.2. The van der Waals surface area contributed by atoms with Crippen molar-refractivity contribution in [2.24, 2.45) is 0 Å². The van der Waals surface area contributed by atoms with Gasteiger partial charge in [-0.15, -0.1) is 15.3 Å². The fourth-order valence-electron chi connectivity index (χ4n) is 4.12. The lowest BCUT2D eigenvalue weighted by Gasteiger charge is -2.36. The highest BCUT2D eigenvalue weighted by atomic mass is 19.1. The minimum Gasteiger partial charge on any atom is -0.368 e. The highest BCUT2D eigenvalue weighted by Crippen LogP contribution is 2.18. The number of benzene rings is 2. The van der Waals surface area contributed by atoms with Gasteiger partial charge in [0.1, 0.15) is 17.5 Å². The molecule has 0 atom stereocenters. The molecule has 0 spiro atoms. The zero-order valence-corrected chi connectivity index (χ0v) is 19.1. The Hall–Kier alpha value is -4.08. The summed E-state index contributed by atoms with van der Waals surface area (Å²) in [6.45, 7) is 3.14. The van der Waals surface area contributed by atoms with E-state index in [0.717, 1.165) is 11.3 Å². The number of nitrogens with one attached hydrogen (secondary N) is 1. The second kappa shape index (κ2) is 10.0. The fourth-order valence-corrected chi connectivity index (χ4v) is 4.12. The van der Waals surface area contributed by atoms with Crippen LogP contribution in [0.2, 0.25) is 0 Å². The zero-order valence-electron chi connectivity index (χ0n) is 19.1. The molecule has 10 heteroatoms. The highest BCUT2D eigenvalue weighted by Gasteiger charge is 2.22. The van der Waals surface area contributed by atoms with Crippen LogP contribution in [0.3, 0.4) is 0 Å². The number of nitrogens with zero attached hydrogens (tertiary/aromatic N) is 6. The molecule has 1 N–H and O–H groups in total. The van der Waals surface area contributed by atoms with E-state index in [9.17, 15) is 13.6 Å². The summed E-state index contributed by atoms with van der Waals surface area (Å²) in [5.74, 6) is 0.779. The third-order valence-corrected chi connectivity index (χ3v) is 6.10. The molecule has 2 aromatic heterocycles.